The lowest BCUT2D eigenvalue weighted by Gasteiger charge is -2.05. The molecule has 0 saturated carbocycles. The molecule has 0 radical (unpaired) electrons. The number of aromatic nitrogens is 2. The Balaban J connectivity index is 2.17. The lowest BCUT2D eigenvalue weighted by Crippen LogP contribution is -2.04. The van der Waals surface area contributed by atoms with Gasteiger partial charge in [-0.15, -0.1) is 0 Å². The summed E-state index contributed by atoms with van der Waals surface area (Å²) in [6.07, 6.45) is 3.40. The number of hydrogen-bond acceptors (Lipinski definition) is 5. The van der Waals surface area contributed by atoms with Gasteiger partial charge in [0.2, 0.25) is 0 Å². The van der Waals surface area contributed by atoms with E-state index in [1.165, 1.54) is 6.07 Å². The number of nitrogens with one attached hydrogen (secondary N) is 1. The van der Waals surface area contributed by atoms with E-state index in [0.717, 1.165) is 5.56 Å². The zero-order valence-corrected chi connectivity index (χ0v) is 11.4. The van der Waals surface area contributed by atoms with Gasteiger partial charge in [-0.05, 0) is 18.6 Å². The van der Waals surface area contributed by atoms with Gasteiger partial charge in [-0.3, -0.25) is 14.8 Å². The van der Waals surface area contributed by atoms with Crippen LogP contribution in [-0.4, -0.2) is 28.4 Å². The van der Waals surface area contributed by atoms with Gasteiger partial charge in [-0.2, -0.15) is 5.10 Å². The van der Waals surface area contributed by atoms with E-state index >= 15 is 0 Å². The summed E-state index contributed by atoms with van der Waals surface area (Å²) in [7, 11) is 1.62. The second kappa shape index (κ2) is 6.16. The highest BCUT2D eigenvalue weighted by molar-refractivity contribution is 5.69. The van der Waals surface area contributed by atoms with E-state index in [9.17, 15) is 10.1 Å². The smallest absolute Gasteiger partial charge is 0.292 e. The maximum Gasteiger partial charge on any atom is 0.292 e. The summed E-state index contributed by atoms with van der Waals surface area (Å²) in [6.45, 7) is 3.01. The third-order valence-electron chi connectivity index (χ3n) is 2.79. The average Bonchev–Trinajstić information content (AvgIpc) is 2.86. The first-order chi connectivity index (χ1) is 9.60. The van der Waals surface area contributed by atoms with Crippen LogP contribution < -0.4 is 5.32 Å². The molecule has 0 spiro atoms. The minimum atomic E-state index is -0.398. The molecule has 0 aliphatic carbocycles. The van der Waals surface area contributed by atoms with Crippen molar-refractivity contribution in [3.05, 3.63) is 46.3 Å². The first-order valence-electron chi connectivity index (χ1n) is 6.13. The Morgan fingerprint density at radius 2 is 2.30 bits per heavy atom. The number of nitro groups is 1. The average molecular weight is 276 g/mol. The van der Waals surface area contributed by atoms with Crippen LogP contribution in [0.15, 0.2) is 30.6 Å². The van der Waals surface area contributed by atoms with Gasteiger partial charge in [0.25, 0.3) is 5.69 Å². The first kappa shape index (κ1) is 14.0. The zero-order chi connectivity index (χ0) is 14.5. The van der Waals surface area contributed by atoms with Crippen molar-refractivity contribution in [2.24, 2.45) is 0 Å². The van der Waals surface area contributed by atoms with Crippen LogP contribution in [-0.2, 0) is 11.3 Å². The number of aryl methyl sites for hydroxylation is 1. The Morgan fingerprint density at radius 3 is 3.00 bits per heavy atom. The fourth-order valence-electron chi connectivity index (χ4n) is 1.79. The van der Waals surface area contributed by atoms with Gasteiger partial charge in [0.05, 0.1) is 30.0 Å². The van der Waals surface area contributed by atoms with Crippen LogP contribution in [0.25, 0.3) is 0 Å². The van der Waals surface area contributed by atoms with E-state index in [0.29, 0.717) is 24.5 Å². The van der Waals surface area contributed by atoms with Gasteiger partial charge >= 0.3 is 0 Å². The van der Waals surface area contributed by atoms with Crippen LogP contribution in [0.2, 0.25) is 0 Å². The predicted octanol–water partition coefficient (Wildman–Crippen LogP) is 2.49. The van der Waals surface area contributed by atoms with Gasteiger partial charge in [0, 0.05) is 19.4 Å². The first-order valence-corrected chi connectivity index (χ1v) is 6.13. The van der Waals surface area contributed by atoms with Gasteiger partial charge < -0.3 is 10.1 Å². The van der Waals surface area contributed by atoms with Crippen molar-refractivity contribution in [1.82, 2.24) is 9.78 Å². The number of ether oxygens (including phenoxy) is 1. The molecule has 1 heterocycles. The Bertz CT molecular complexity index is 609. The van der Waals surface area contributed by atoms with Crippen molar-refractivity contribution in [3.63, 3.8) is 0 Å². The maximum absolute atomic E-state index is 11.0. The van der Waals surface area contributed by atoms with Crippen molar-refractivity contribution in [3.8, 4) is 0 Å². The number of benzene rings is 1. The molecule has 0 fully saturated rings. The van der Waals surface area contributed by atoms with Crippen LogP contribution in [0.1, 0.15) is 5.56 Å². The monoisotopic (exact) mass is 276 g/mol. The fourth-order valence-corrected chi connectivity index (χ4v) is 1.79. The number of nitro benzene ring substituents is 1. The van der Waals surface area contributed by atoms with Crippen molar-refractivity contribution in [2.45, 2.75) is 13.5 Å². The van der Waals surface area contributed by atoms with Crippen LogP contribution in [0.4, 0.5) is 17.1 Å². The van der Waals surface area contributed by atoms with Gasteiger partial charge in [0.1, 0.15) is 5.69 Å². The van der Waals surface area contributed by atoms with Crippen molar-refractivity contribution < 1.29 is 9.66 Å². The predicted molar refractivity (Wildman–Crippen MR) is 75.2 cm³/mol. The third kappa shape index (κ3) is 3.33. The lowest BCUT2D eigenvalue weighted by atomic mass is 10.2. The molecule has 2 aromatic rings. The molecule has 0 unspecified atom stereocenters. The molecule has 2 rings (SSSR count). The summed E-state index contributed by atoms with van der Waals surface area (Å²) < 4.78 is 6.68. The molecule has 0 bridgehead atoms. The second-order valence-corrected chi connectivity index (χ2v) is 4.39. The second-order valence-electron chi connectivity index (χ2n) is 4.39. The number of nitrogens with zero attached hydrogens (tertiary/aromatic N) is 3. The molecule has 0 amide bonds. The third-order valence-corrected chi connectivity index (χ3v) is 2.79. The Labute approximate surface area is 116 Å². The topological polar surface area (TPSA) is 82.2 Å². The largest absolute Gasteiger partial charge is 0.383 e. The van der Waals surface area contributed by atoms with Crippen molar-refractivity contribution in [1.29, 1.82) is 0 Å². The van der Waals surface area contributed by atoms with Crippen LogP contribution in [0.5, 0.6) is 0 Å². The van der Waals surface area contributed by atoms with Gasteiger partial charge in [-0.25, -0.2) is 0 Å². The van der Waals surface area contributed by atoms with E-state index in [-0.39, 0.29) is 5.69 Å². The number of methoxy groups -OCH3 is 1. The van der Waals surface area contributed by atoms with Gasteiger partial charge in [0.15, 0.2) is 0 Å². The summed E-state index contributed by atoms with van der Waals surface area (Å²) in [5.41, 5.74) is 2.05. The van der Waals surface area contributed by atoms with Crippen molar-refractivity contribution >= 4 is 17.1 Å². The molecule has 7 nitrogen and oxygen atoms in total. The molecule has 0 aliphatic rings. The molecule has 0 aliphatic heterocycles. The molecule has 1 N–H and O–H groups in total. The van der Waals surface area contributed by atoms with Crippen LogP contribution in [0.3, 0.4) is 0 Å². The van der Waals surface area contributed by atoms with E-state index in [1.54, 1.807) is 30.3 Å². The normalized spacial score (nSPS) is 10.5. The molecule has 0 atom stereocenters. The molecule has 106 valence electrons. The van der Waals surface area contributed by atoms with Crippen LogP contribution >= 0.6 is 0 Å². The summed E-state index contributed by atoms with van der Waals surface area (Å²) in [4.78, 5) is 10.6. The minimum absolute atomic E-state index is 0.0506. The Kier molecular flexibility index (Phi) is 4.31. The lowest BCUT2D eigenvalue weighted by molar-refractivity contribution is -0.384. The van der Waals surface area contributed by atoms with Crippen molar-refractivity contribution in [2.75, 3.05) is 19.0 Å². The zero-order valence-electron chi connectivity index (χ0n) is 11.4. The Hall–Kier alpha value is -2.41. The number of rotatable bonds is 6. The molecule has 0 saturated heterocycles. The summed E-state index contributed by atoms with van der Waals surface area (Å²) in [6, 6.07) is 5.06. The molecular weight excluding hydrogens is 260 g/mol. The molecular formula is C13H16N4O3. The molecule has 20 heavy (non-hydrogen) atoms. The van der Waals surface area contributed by atoms with Gasteiger partial charge in [-0.1, -0.05) is 6.07 Å². The van der Waals surface area contributed by atoms with E-state index in [2.05, 4.69) is 10.4 Å². The Morgan fingerprint density at radius 1 is 1.50 bits per heavy atom. The highest BCUT2D eigenvalue weighted by Crippen LogP contribution is 2.28. The minimum Gasteiger partial charge on any atom is -0.383 e. The standard InChI is InChI=1S/C13H16N4O3/c1-10-3-4-12(13(7-10)17(18)19)15-11-8-14-16(9-11)5-6-20-2/h3-4,7-9,15H,5-6H2,1-2H3. The maximum atomic E-state index is 11.0. The summed E-state index contributed by atoms with van der Waals surface area (Å²) >= 11 is 0. The quantitative estimate of drug-likeness (QED) is 0.647. The van der Waals surface area contributed by atoms with E-state index in [1.807, 2.05) is 13.0 Å². The SMILES string of the molecule is COCCn1cc(Nc2ccc(C)cc2[N+](=O)[O-])cn1. The van der Waals surface area contributed by atoms with E-state index in [4.69, 9.17) is 4.74 Å². The number of hydrogen-bond donors (Lipinski definition) is 1. The molecule has 1 aromatic heterocycles. The van der Waals surface area contributed by atoms with Crippen LogP contribution in [0, 0.1) is 17.0 Å². The van der Waals surface area contributed by atoms with E-state index < -0.39 is 4.92 Å². The summed E-state index contributed by atoms with van der Waals surface area (Å²) in [5.74, 6) is 0. The highest BCUT2D eigenvalue weighted by Gasteiger charge is 2.14. The molecule has 1 aromatic carbocycles. The molecule has 7 heteroatoms. The summed E-state index contributed by atoms with van der Waals surface area (Å²) in [5, 5.41) is 18.2. The highest BCUT2D eigenvalue weighted by atomic mass is 16.6. The fraction of sp³-hybridized carbons (Fsp3) is 0.308. The number of anilines is 2.